The standard InChI is InChI=1S/C23H34IN3O7/c1-23(2,3)34-21(32)18(27-22(33)26-17(20(30)31)11-12-19(28)29)6-4-5-13-25-14-15-7-9-16(24)10-8-15/h7-10,17-18,25H,4-6,11-14H2,1-3H3,(H,28,29)(H,30,31)(H2,26,27,33). The van der Waals surface area contributed by atoms with Crippen LogP contribution >= 0.6 is 22.6 Å². The van der Waals surface area contributed by atoms with Crippen LogP contribution < -0.4 is 16.0 Å². The van der Waals surface area contributed by atoms with Crippen LogP contribution in [0.15, 0.2) is 24.3 Å². The summed E-state index contributed by atoms with van der Waals surface area (Å²) >= 11 is 2.25. The summed E-state index contributed by atoms with van der Waals surface area (Å²) in [4.78, 5) is 47.0. The van der Waals surface area contributed by atoms with E-state index in [0.29, 0.717) is 12.8 Å². The third-order valence-corrected chi connectivity index (χ3v) is 5.30. The van der Waals surface area contributed by atoms with Crippen molar-refractivity contribution in [3.05, 3.63) is 33.4 Å². The topological polar surface area (TPSA) is 154 Å². The van der Waals surface area contributed by atoms with E-state index in [1.54, 1.807) is 20.8 Å². The molecule has 1 rings (SSSR count). The third-order valence-electron chi connectivity index (χ3n) is 4.59. The Labute approximate surface area is 213 Å². The summed E-state index contributed by atoms with van der Waals surface area (Å²) in [5.74, 6) is -3.15. The average molecular weight is 591 g/mol. The maximum Gasteiger partial charge on any atom is 0.329 e. The minimum absolute atomic E-state index is 0.276. The van der Waals surface area contributed by atoms with E-state index in [1.165, 1.54) is 9.13 Å². The second-order valence-corrected chi connectivity index (χ2v) is 10.1. The highest BCUT2D eigenvalue weighted by atomic mass is 127. The molecule has 1 aromatic carbocycles. The number of nitrogens with one attached hydrogen (secondary N) is 3. The molecule has 0 radical (unpaired) electrons. The highest BCUT2D eigenvalue weighted by molar-refractivity contribution is 14.1. The van der Waals surface area contributed by atoms with Crippen LogP contribution in [0.2, 0.25) is 0 Å². The van der Waals surface area contributed by atoms with E-state index in [2.05, 4.69) is 50.7 Å². The monoisotopic (exact) mass is 591 g/mol. The summed E-state index contributed by atoms with van der Waals surface area (Å²) in [6, 6.07) is 4.95. The maximum atomic E-state index is 12.6. The van der Waals surface area contributed by atoms with E-state index >= 15 is 0 Å². The van der Waals surface area contributed by atoms with E-state index in [0.717, 1.165) is 19.5 Å². The smallest absolute Gasteiger partial charge is 0.329 e. The predicted molar refractivity (Wildman–Crippen MR) is 134 cm³/mol. The van der Waals surface area contributed by atoms with Crippen molar-refractivity contribution in [2.45, 2.75) is 77.1 Å². The molecule has 190 valence electrons. The molecule has 5 N–H and O–H groups in total. The summed E-state index contributed by atoms with van der Waals surface area (Å²) in [6.07, 6.45) is 0.984. The van der Waals surface area contributed by atoms with E-state index in [-0.39, 0.29) is 6.42 Å². The molecular formula is C23H34IN3O7. The molecule has 0 spiro atoms. The number of unbranched alkanes of at least 4 members (excludes halogenated alkanes) is 1. The van der Waals surface area contributed by atoms with E-state index < -0.39 is 48.0 Å². The van der Waals surface area contributed by atoms with Crippen LogP contribution in [0.1, 0.15) is 58.4 Å². The van der Waals surface area contributed by atoms with Gasteiger partial charge in [-0.3, -0.25) is 4.79 Å². The van der Waals surface area contributed by atoms with Crippen LogP contribution in [0.5, 0.6) is 0 Å². The molecule has 0 fully saturated rings. The summed E-state index contributed by atoms with van der Waals surface area (Å²) in [5.41, 5.74) is 0.412. The molecule has 11 heteroatoms. The SMILES string of the molecule is CC(C)(C)OC(=O)C(CCCCNCc1ccc(I)cc1)NC(=O)NC(CCC(=O)O)C(=O)O. The van der Waals surface area contributed by atoms with Crippen molar-refractivity contribution in [3.8, 4) is 0 Å². The lowest BCUT2D eigenvalue weighted by atomic mass is 10.1. The van der Waals surface area contributed by atoms with Crippen LogP contribution in [-0.4, -0.2) is 58.4 Å². The van der Waals surface area contributed by atoms with Crippen LogP contribution in [0.3, 0.4) is 0 Å². The number of rotatable bonds is 14. The largest absolute Gasteiger partial charge is 0.481 e. The van der Waals surface area contributed by atoms with E-state index in [9.17, 15) is 24.3 Å². The Kier molecular flexibility index (Phi) is 12.9. The lowest BCUT2D eigenvalue weighted by Gasteiger charge is -2.25. The zero-order valence-electron chi connectivity index (χ0n) is 19.7. The molecule has 0 aliphatic carbocycles. The highest BCUT2D eigenvalue weighted by Crippen LogP contribution is 2.12. The minimum Gasteiger partial charge on any atom is -0.481 e. The predicted octanol–water partition coefficient (Wildman–Crippen LogP) is 2.88. The minimum atomic E-state index is -1.39. The van der Waals surface area contributed by atoms with Crippen LogP contribution in [0.25, 0.3) is 0 Å². The zero-order valence-corrected chi connectivity index (χ0v) is 21.9. The molecule has 10 nitrogen and oxygen atoms in total. The number of ether oxygens (including phenoxy) is 1. The fraction of sp³-hybridized carbons (Fsp3) is 0.565. The molecule has 0 aliphatic rings. The van der Waals surface area contributed by atoms with Crippen molar-refractivity contribution < 1.29 is 34.1 Å². The number of hydrogen-bond donors (Lipinski definition) is 5. The number of hydrogen-bond acceptors (Lipinski definition) is 6. The first-order valence-electron chi connectivity index (χ1n) is 11.1. The van der Waals surface area contributed by atoms with Crippen LogP contribution in [0.4, 0.5) is 4.79 Å². The van der Waals surface area contributed by atoms with Gasteiger partial charge in [0.15, 0.2) is 0 Å². The van der Waals surface area contributed by atoms with Gasteiger partial charge in [-0.25, -0.2) is 14.4 Å². The van der Waals surface area contributed by atoms with Gasteiger partial charge in [-0.1, -0.05) is 12.1 Å². The number of benzene rings is 1. The molecule has 0 heterocycles. The first kappa shape index (κ1) is 29.6. The van der Waals surface area contributed by atoms with Crippen molar-refractivity contribution in [1.29, 1.82) is 0 Å². The summed E-state index contributed by atoms with van der Waals surface area (Å²) in [7, 11) is 0. The molecule has 0 aliphatic heterocycles. The molecular weight excluding hydrogens is 557 g/mol. The van der Waals surface area contributed by atoms with E-state index in [1.807, 2.05) is 12.1 Å². The molecule has 2 atom stereocenters. The first-order valence-corrected chi connectivity index (χ1v) is 12.1. The van der Waals surface area contributed by atoms with Gasteiger partial charge in [0.2, 0.25) is 0 Å². The Bertz CT molecular complexity index is 825. The number of amides is 2. The zero-order chi connectivity index (χ0) is 25.7. The number of esters is 1. The molecule has 2 unspecified atom stereocenters. The number of aliphatic carboxylic acids is 2. The summed E-state index contributed by atoms with van der Waals surface area (Å²) in [6.45, 7) is 6.57. The van der Waals surface area contributed by atoms with Gasteiger partial charge in [0.25, 0.3) is 0 Å². The van der Waals surface area contributed by atoms with E-state index in [4.69, 9.17) is 9.84 Å². The third kappa shape index (κ3) is 13.3. The van der Waals surface area contributed by atoms with Gasteiger partial charge in [-0.2, -0.15) is 0 Å². The molecule has 0 aromatic heterocycles. The highest BCUT2D eigenvalue weighted by Gasteiger charge is 2.28. The second-order valence-electron chi connectivity index (χ2n) is 8.83. The first-order chi connectivity index (χ1) is 15.9. The van der Waals surface area contributed by atoms with Crippen molar-refractivity contribution in [2.75, 3.05) is 6.54 Å². The molecule has 34 heavy (non-hydrogen) atoms. The van der Waals surface area contributed by atoms with Gasteiger partial charge >= 0.3 is 23.9 Å². The summed E-state index contributed by atoms with van der Waals surface area (Å²) < 4.78 is 6.56. The van der Waals surface area contributed by atoms with Crippen molar-refractivity contribution in [1.82, 2.24) is 16.0 Å². The second kappa shape index (κ2) is 14.8. The van der Waals surface area contributed by atoms with Crippen molar-refractivity contribution in [3.63, 3.8) is 0 Å². The van der Waals surface area contributed by atoms with Gasteiger partial charge in [0, 0.05) is 16.5 Å². The maximum absolute atomic E-state index is 12.6. The number of carbonyl (C=O) groups excluding carboxylic acids is 2. The normalized spacial score (nSPS) is 12.9. The molecule has 1 aromatic rings. The molecule has 0 bridgehead atoms. The van der Waals surface area contributed by atoms with Gasteiger partial charge in [-0.15, -0.1) is 0 Å². The lowest BCUT2D eigenvalue weighted by molar-refractivity contribution is -0.157. The van der Waals surface area contributed by atoms with Gasteiger partial charge in [-0.05, 0) is 93.3 Å². The quantitative estimate of drug-likeness (QED) is 0.126. The van der Waals surface area contributed by atoms with Gasteiger partial charge in [0.1, 0.15) is 17.7 Å². The number of halogens is 1. The molecule has 2 amide bonds. The average Bonchev–Trinajstić information content (AvgIpc) is 2.72. The Hall–Kier alpha value is -2.41. The number of carbonyl (C=O) groups is 4. The number of carboxylic acid groups (broad SMARTS) is 2. The van der Waals surface area contributed by atoms with Gasteiger partial charge in [0.05, 0.1) is 0 Å². The Morgan fingerprint density at radius 3 is 2.15 bits per heavy atom. The van der Waals surface area contributed by atoms with Crippen molar-refractivity contribution >= 4 is 46.5 Å². The van der Waals surface area contributed by atoms with Crippen LogP contribution in [0, 0.1) is 3.57 Å². The van der Waals surface area contributed by atoms with Crippen molar-refractivity contribution in [2.24, 2.45) is 0 Å². The Morgan fingerprint density at radius 1 is 0.971 bits per heavy atom. The fourth-order valence-corrected chi connectivity index (χ4v) is 3.30. The lowest BCUT2D eigenvalue weighted by Crippen LogP contribution is -2.52. The number of urea groups is 1. The Balaban J connectivity index is 2.58. The Morgan fingerprint density at radius 2 is 1.59 bits per heavy atom. The molecule has 0 saturated heterocycles. The number of carboxylic acids is 2. The van der Waals surface area contributed by atoms with Crippen LogP contribution in [-0.2, 0) is 25.7 Å². The molecule has 0 saturated carbocycles. The summed E-state index contributed by atoms with van der Waals surface area (Å²) in [5, 5.41) is 26.0. The van der Waals surface area contributed by atoms with Gasteiger partial charge < -0.3 is 30.9 Å². The fourth-order valence-electron chi connectivity index (χ4n) is 2.94.